The molecule has 0 rings (SSSR count). The second kappa shape index (κ2) is 23.8. The average Bonchev–Trinajstić information content (AvgIpc) is 2.76. The van der Waals surface area contributed by atoms with Crippen LogP contribution >= 0.6 is 0 Å². The second-order valence-corrected chi connectivity index (χ2v) is 6.26. The van der Waals surface area contributed by atoms with Gasteiger partial charge in [-0.05, 0) is 7.05 Å². The maximum atomic E-state index is 11.6. The van der Waals surface area contributed by atoms with Gasteiger partial charge >= 0.3 is 0 Å². The number of hydrogen-bond donors (Lipinski definition) is 4. The van der Waals surface area contributed by atoms with Crippen LogP contribution in [0.15, 0.2) is 0 Å². The van der Waals surface area contributed by atoms with Crippen LogP contribution in [0.1, 0.15) is 0 Å². The molecule has 188 valence electrons. The van der Waals surface area contributed by atoms with Crippen molar-refractivity contribution in [2.75, 3.05) is 106 Å². The first-order chi connectivity index (χ1) is 15.6. The Morgan fingerprint density at radius 2 is 0.938 bits per heavy atom. The van der Waals surface area contributed by atoms with Gasteiger partial charge in [0, 0.05) is 19.6 Å². The van der Waals surface area contributed by atoms with Gasteiger partial charge < -0.3 is 50.1 Å². The topological polar surface area (TPSA) is 169 Å². The van der Waals surface area contributed by atoms with Crippen molar-refractivity contribution < 1.29 is 42.8 Å². The number of nitrogens with one attached hydrogen (secondary N) is 3. The molecule has 0 saturated heterocycles. The molecule has 5 N–H and O–H groups in total. The number of amides is 3. The minimum atomic E-state index is -0.534. The van der Waals surface area contributed by atoms with E-state index in [0.717, 1.165) is 6.54 Å². The number of ether oxygens (including phenoxy) is 6. The summed E-state index contributed by atoms with van der Waals surface area (Å²) in [5.41, 5.74) is 4.92. The van der Waals surface area contributed by atoms with Crippen molar-refractivity contribution in [3.63, 3.8) is 0 Å². The Morgan fingerprint density at radius 3 is 1.34 bits per heavy atom. The fourth-order valence-electron chi connectivity index (χ4n) is 1.96. The highest BCUT2D eigenvalue weighted by Gasteiger charge is 2.02. The largest absolute Gasteiger partial charge is 0.378 e. The summed E-state index contributed by atoms with van der Waals surface area (Å²) in [6.45, 7) is 4.38. The molecule has 0 aromatic carbocycles. The van der Waals surface area contributed by atoms with E-state index in [4.69, 9.17) is 34.2 Å². The molecule has 0 aliphatic carbocycles. The Labute approximate surface area is 188 Å². The van der Waals surface area contributed by atoms with Crippen molar-refractivity contribution in [1.29, 1.82) is 0 Å². The minimum absolute atomic E-state index is 0.0261. The second-order valence-electron chi connectivity index (χ2n) is 6.26. The first-order valence-electron chi connectivity index (χ1n) is 10.5. The zero-order valence-corrected chi connectivity index (χ0v) is 18.9. The normalized spacial score (nSPS) is 10.8. The van der Waals surface area contributed by atoms with Crippen molar-refractivity contribution in [2.45, 2.75) is 0 Å². The molecule has 0 bridgehead atoms. The summed E-state index contributed by atoms with van der Waals surface area (Å²) in [4.78, 5) is 33.5. The fourth-order valence-corrected chi connectivity index (χ4v) is 1.96. The first kappa shape index (κ1) is 30.1. The lowest BCUT2D eigenvalue weighted by molar-refractivity contribution is -0.127. The van der Waals surface area contributed by atoms with E-state index in [0.29, 0.717) is 59.3 Å². The van der Waals surface area contributed by atoms with Crippen molar-refractivity contribution >= 4 is 17.7 Å². The molecule has 13 heteroatoms. The summed E-state index contributed by atoms with van der Waals surface area (Å²) in [5, 5.41) is 8.26. The van der Waals surface area contributed by atoms with E-state index >= 15 is 0 Å². The van der Waals surface area contributed by atoms with Gasteiger partial charge in [0.05, 0.1) is 59.5 Å². The van der Waals surface area contributed by atoms with E-state index in [1.807, 2.05) is 7.05 Å². The SMILES string of the molecule is CNCCOCCOCC(=O)NCCOCCOCC(=O)NCCOCCOCC(N)=O. The van der Waals surface area contributed by atoms with Gasteiger partial charge in [-0.2, -0.15) is 0 Å². The smallest absolute Gasteiger partial charge is 0.246 e. The van der Waals surface area contributed by atoms with Crippen LogP contribution in [0.25, 0.3) is 0 Å². The number of nitrogens with two attached hydrogens (primary N) is 1. The van der Waals surface area contributed by atoms with Crippen LogP contribution in [-0.4, -0.2) is 124 Å². The van der Waals surface area contributed by atoms with Gasteiger partial charge in [-0.15, -0.1) is 0 Å². The lowest BCUT2D eigenvalue weighted by atomic mass is 10.5. The van der Waals surface area contributed by atoms with Crippen molar-refractivity contribution in [1.82, 2.24) is 16.0 Å². The molecule has 0 aromatic heterocycles. The molecule has 0 aliphatic rings. The average molecular weight is 467 g/mol. The maximum Gasteiger partial charge on any atom is 0.246 e. The Hall–Kier alpha value is -1.87. The molecule has 13 nitrogen and oxygen atoms in total. The summed E-state index contributed by atoms with van der Waals surface area (Å²) in [6.07, 6.45) is 0. The highest BCUT2D eigenvalue weighted by atomic mass is 16.5. The van der Waals surface area contributed by atoms with Crippen LogP contribution < -0.4 is 21.7 Å². The highest BCUT2D eigenvalue weighted by Crippen LogP contribution is 1.82. The molecule has 0 atom stereocenters. The molecule has 0 spiro atoms. The predicted molar refractivity (Wildman–Crippen MR) is 114 cm³/mol. The van der Waals surface area contributed by atoms with E-state index in [1.54, 1.807) is 0 Å². The van der Waals surface area contributed by atoms with Crippen molar-refractivity contribution in [2.24, 2.45) is 5.73 Å². The molecule has 0 heterocycles. The Kier molecular flexibility index (Phi) is 22.4. The van der Waals surface area contributed by atoms with E-state index in [2.05, 4.69) is 16.0 Å². The van der Waals surface area contributed by atoms with Gasteiger partial charge in [-0.3, -0.25) is 14.4 Å². The van der Waals surface area contributed by atoms with Gasteiger partial charge in [0.15, 0.2) is 0 Å². The zero-order valence-electron chi connectivity index (χ0n) is 18.9. The van der Waals surface area contributed by atoms with Gasteiger partial charge in [-0.1, -0.05) is 0 Å². The molecular weight excluding hydrogens is 428 g/mol. The number of hydrogen-bond acceptors (Lipinski definition) is 10. The van der Waals surface area contributed by atoms with Crippen LogP contribution in [0.3, 0.4) is 0 Å². The Balaban J connectivity index is 3.28. The van der Waals surface area contributed by atoms with Gasteiger partial charge in [0.25, 0.3) is 0 Å². The fraction of sp³-hybridized carbons (Fsp3) is 0.842. The first-order valence-corrected chi connectivity index (χ1v) is 10.5. The summed E-state index contributed by atoms with van der Waals surface area (Å²) in [6, 6.07) is 0. The molecule has 0 radical (unpaired) electrons. The molecule has 0 fully saturated rings. The number of primary amides is 1. The lowest BCUT2D eigenvalue weighted by Crippen LogP contribution is -2.32. The van der Waals surface area contributed by atoms with Crippen LogP contribution in [-0.2, 0) is 42.8 Å². The van der Waals surface area contributed by atoms with E-state index in [1.165, 1.54) is 0 Å². The summed E-state index contributed by atoms with van der Waals surface area (Å²) >= 11 is 0. The summed E-state index contributed by atoms with van der Waals surface area (Å²) < 4.78 is 31.1. The summed E-state index contributed by atoms with van der Waals surface area (Å²) in [7, 11) is 1.84. The monoisotopic (exact) mass is 466 g/mol. The molecular formula is C19H38N4O9. The van der Waals surface area contributed by atoms with Crippen molar-refractivity contribution in [3.05, 3.63) is 0 Å². The Bertz CT molecular complexity index is 484. The quantitative estimate of drug-likeness (QED) is 0.108. The van der Waals surface area contributed by atoms with Crippen LogP contribution in [0.5, 0.6) is 0 Å². The highest BCUT2D eigenvalue weighted by molar-refractivity contribution is 5.77. The van der Waals surface area contributed by atoms with Crippen LogP contribution in [0.4, 0.5) is 0 Å². The number of rotatable bonds is 24. The molecule has 0 saturated carbocycles. The molecule has 3 amide bonds. The van der Waals surface area contributed by atoms with Crippen LogP contribution in [0, 0.1) is 0 Å². The molecule has 0 aromatic rings. The number of carbonyl (C=O) groups is 3. The summed E-state index contributed by atoms with van der Waals surface area (Å²) in [5.74, 6) is -1.02. The van der Waals surface area contributed by atoms with Gasteiger partial charge in [-0.25, -0.2) is 0 Å². The van der Waals surface area contributed by atoms with Gasteiger partial charge in [0.1, 0.15) is 19.8 Å². The predicted octanol–water partition coefficient (Wildman–Crippen LogP) is -2.98. The van der Waals surface area contributed by atoms with Gasteiger partial charge in [0.2, 0.25) is 17.7 Å². The molecule has 0 unspecified atom stereocenters. The van der Waals surface area contributed by atoms with Crippen LogP contribution in [0.2, 0.25) is 0 Å². The van der Waals surface area contributed by atoms with Crippen molar-refractivity contribution in [3.8, 4) is 0 Å². The van der Waals surface area contributed by atoms with E-state index in [-0.39, 0.29) is 44.8 Å². The maximum absolute atomic E-state index is 11.6. The van der Waals surface area contributed by atoms with E-state index < -0.39 is 5.91 Å². The molecule has 32 heavy (non-hydrogen) atoms. The third-order valence-electron chi connectivity index (χ3n) is 3.46. The van der Waals surface area contributed by atoms with E-state index in [9.17, 15) is 14.4 Å². The zero-order chi connectivity index (χ0) is 23.7. The third kappa shape index (κ3) is 24.4. The lowest BCUT2D eigenvalue weighted by Gasteiger charge is -2.09. The standard InChI is InChI=1S/C19H38N4O9/c1-21-2-5-27-9-12-31-15-18(25)23-4-7-29-10-13-32-16-19(26)22-3-6-28-8-11-30-14-17(20)24/h21H,2-16H2,1H3,(H2,20,24)(H,22,26)(H,23,25). The number of carbonyl (C=O) groups excluding carboxylic acids is 3. The third-order valence-corrected chi connectivity index (χ3v) is 3.46. The molecule has 0 aliphatic heterocycles. The number of likely N-dealkylation sites (N-methyl/N-ethyl adjacent to an activating group) is 1. The minimum Gasteiger partial charge on any atom is -0.378 e. The Morgan fingerprint density at radius 1 is 0.562 bits per heavy atom.